The Bertz CT molecular complexity index is 625. The van der Waals surface area contributed by atoms with E-state index >= 15 is 0 Å². The molecule has 0 bridgehead atoms. The van der Waals surface area contributed by atoms with Gasteiger partial charge in [-0.15, -0.1) is 12.4 Å². The normalized spacial score (nSPS) is 19.7. The van der Waals surface area contributed by atoms with Crippen molar-refractivity contribution in [1.82, 2.24) is 10.2 Å². The molecule has 26 heavy (non-hydrogen) atoms. The second kappa shape index (κ2) is 8.35. The number of benzene rings is 1. The molecule has 1 saturated heterocycles. The average molecular weight is 383 g/mol. The van der Waals surface area contributed by atoms with Gasteiger partial charge in [-0.2, -0.15) is 0 Å². The molecule has 1 amide bonds. The molecule has 144 valence electrons. The van der Waals surface area contributed by atoms with Gasteiger partial charge in [-0.25, -0.2) is 0 Å². The predicted octanol–water partition coefficient (Wildman–Crippen LogP) is 2.38. The highest BCUT2D eigenvalue weighted by Crippen LogP contribution is 2.40. The first-order valence-corrected chi connectivity index (χ1v) is 9.23. The van der Waals surface area contributed by atoms with Gasteiger partial charge in [-0.1, -0.05) is 0 Å². The number of piperidine rings is 1. The van der Waals surface area contributed by atoms with Crippen LogP contribution in [0.1, 0.15) is 31.2 Å². The fourth-order valence-corrected chi connectivity index (χ4v) is 3.58. The number of halogens is 1. The average Bonchev–Trinajstić information content (AvgIpc) is 3.50. The third kappa shape index (κ3) is 4.18. The minimum absolute atomic E-state index is 0. The van der Waals surface area contributed by atoms with Gasteiger partial charge in [0.05, 0.1) is 7.11 Å². The van der Waals surface area contributed by atoms with Gasteiger partial charge in [0.1, 0.15) is 13.2 Å². The zero-order chi connectivity index (χ0) is 17.2. The number of amides is 1. The number of ether oxygens (including phenoxy) is 3. The highest BCUT2D eigenvalue weighted by Gasteiger charge is 2.34. The van der Waals surface area contributed by atoms with Crippen LogP contribution in [0.3, 0.4) is 0 Å². The molecule has 1 aromatic rings. The van der Waals surface area contributed by atoms with E-state index in [4.69, 9.17) is 14.2 Å². The Balaban J connectivity index is 0.00000196. The first-order chi connectivity index (χ1) is 12.2. The van der Waals surface area contributed by atoms with Crippen molar-refractivity contribution in [3.63, 3.8) is 0 Å². The van der Waals surface area contributed by atoms with E-state index in [1.807, 2.05) is 17.0 Å². The third-order valence-electron chi connectivity index (χ3n) is 5.22. The van der Waals surface area contributed by atoms with Crippen LogP contribution in [0.15, 0.2) is 12.1 Å². The van der Waals surface area contributed by atoms with Crippen LogP contribution in [0.4, 0.5) is 0 Å². The Labute approximate surface area is 160 Å². The van der Waals surface area contributed by atoms with Crippen molar-refractivity contribution in [3.05, 3.63) is 17.7 Å². The summed E-state index contributed by atoms with van der Waals surface area (Å²) in [4.78, 5) is 14.2. The van der Waals surface area contributed by atoms with Crippen molar-refractivity contribution < 1.29 is 19.0 Å². The van der Waals surface area contributed by atoms with Crippen molar-refractivity contribution in [2.75, 3.05) is 33.4 Å². The molecule has 0 spiro atoms. The number of nitrogens with one attached hydrogen (secondary N) is 1. The number of carbonyl (C=O) groups excluding carboxylic acids is 1. The smallest absolute Gasteiger partial charge is 0.225 e. The molecule has 0 atom stereocenters. The molecule has 1 N–H and O–H groups in total. The predicted molar refractivity (Wildman–Crippen MR) is 100 cm³/mol. The SMILES string of the molecule is COc1cc(CNC2CCN(C(=O)C3CC3)CC2)cc2c1OCCO2.Cl. The maximum Gasteiger partial charge on any atom is 0.225 e. The molecule has 1 aliphatic carbocycles. The number of fused-ring (bicyclic) bond motifs is 1. The van der Waals surface area contributed by atoms with Gasteiger partial charge in [0, 0.05) is 31.6 Å². The van der Waals surface area contributed by atoms with Crippen molar-refractivity contribution in [2.45, 2.75) is 38.3 Å². The summed E-state index contributed by atoms with van der Waals surface area (Å²) in [7, 11) is 1.65. The van der Waals surface area contributed by atoms with E-state index in [1.54, 1.807) is 7.11 Å². The number of carbonyl (C=O) groups is 1. The second-order valence-electron chi connectivity index (χ2n) is 7.08. The first-order valence-electron chi connectivity index (χ1n) is 9.23. The third-order valence-corrected chi connectivity index (χ3v) is 5.22. The van der Waals surface area contributed by atoms with Gasteiger partial charge in [-0.05, 0) is 43.4 Å². The van der Waals surface area contributed by atoms with E-state index in [9.17, 15) is 4.79 Å². The lowest BCUT2D eigenvalue weighted by atomic mass is 10.0. The van der Waals surface area contributed by atoms with Crippen LogP contribution in [0.25, 0.3) is 0 Å². The van der Waals surface area contributed by atoms with Crippen molar-refractivity contribution in [1.29, 1.82) is 0 Å². The standard InChI is InChI=1S/C19H26N2O4.ClH/c1-23-16-10-13(11-17-18(16)25-9-8-24-17)12-20-15-4-6-21(7-5-15)19(22)14-2-3-14;/h10-11,14-15,20H,2-9,12H2,1H3;1H. The van der Waals surface area contributed by atoms with E-state index in [0.29, 0.717) is 36.8 Å². The topological polar surface area (TPSA) is 60.0 Å². The van der Waals surface area contributed by atoms with E-state index in [0.717, 1.165) is 62.4 Å². The fourth-order valence-electron chi connectivity index (χ4n) is 3.58. The van der Waals surface area contributed by atoms with Crippen LogP contribution in [-0.2, 0) is 11.3 Å². The van der Waals surface area contributed by atoms with E-state index in [-0.39, 0.29) is 12.4 Å². The monoisotopic (exact) mass is 382 g/mol. The molecular weight excluding hydrogens is 356 g/mol. The molecule has 0 unspecified atom stereocenters. The Hall–Kier alpha value is -1.66. The maximum atomic E-state index is 12.1. The molecule has 4 rings (SSSR count). The van der Waals surface area contributed by atoms with Crippen molar-refractivity contribution in [2.24, 2.45) is 5.92 Å². The van der Waals surface area contributed by atoms with E-state index < -0.39 is 0 Å². The summed E-state index contributed by atoms with van der Waals surface area (Å²) >= 11 is 0. The summed E-state index contributed by atoms with van der Waals surface area (Å²) < 4.78 is 16.8. The van der Waals surface area contributed by atoms with Gasteiger partial charge in [0.15, 0.2) is 11.5 Å². The van der Waals surface area contributed by atoms with Gasteiger partial charge < -0.3 is 24.4 Å². The Morgan fingerprint density at radius 1 is 1.19 bits per heavy atom. The van der Waals surface area contributed by atoms with Crippen LogP contribution < -0.4 is 19.5 Å². The summed E-state index contributed by atoms with van der Waals surface area (Å²) in [6.07, 6.45) is 4.20. The molecule has 0 aromatic heterocycles. The number of methoxy groups -OCH3 is 1. The maximum absolute atomic E-state index is 12.1. The number of nitrogens with zero attached hydrogens (tertiary/aromatic N) is 1. The van der Waals surface area contributed by atoms with Gasteiger partial charge in [0.2, 0.25) is 11.7 Å². The lowest BCUT2D eigenvalue weighted by Crippen LogP contribution is -2.45. The van der Waals surface area contributed by atoms with Crippen LogP contribution in [0.2, 0.25) is 0 Å². The van der Waals surface area contributed by atoms with Gasteiger partial charge >= 0.3 is 0 Å². The molecule has 1 saturated carbocycles. The minimum Gasteiger partial charge on any atom is -0.493 e. The van der Waals surface area contributed by atoms with Crippen LogP contribution in [0, 0.1) is 5.92 Å². The molecular formula is C19H27ClN2O4. The number of hydrogen-bond acceptors (Lipinski definition) is 5. The Morgan fingerprint density at radius 2 is 1.92 bits per heavy atom. The summed E-state index contributed by atoms with van der Waals surface area (Å²) in [5.74, 6) is 2.88. The molecule has 2 fully saturated rings. The van der Waals surface area contributed by atoms with Crippen molar-refractivity contribution >= 4 is 18.3 Å². The number of hydrogen-bond donors (Lipinski definition) is 1. The quantitative estimate of drug-likeness (QED) is 0.847. The summed E-state index contributed by atoms with van der Waals surface area (Å²) in [6, 6.07) is 4.48. The largest absolute Gasteiger partial charge is 0.493 e. The summed E-state index contributed by atoms with van der Waals surface area (Å²) in [6.45, 7) is 3.63. The lowest BCUT2D eigenvalue weighted by Gasteiger charge is -2.32. The van der Waals surface area contributed by atoms with Gasteiger partial charge in [-0.3, -0.25) is 4.79 Å². The minimum atomic E-state index is 0. The molecule has 2 aliphatic heterocycles. The zero-order valence-corrected chi connectivity index (χ0v) is 16.0. The molecule has 3 aliphatic rings. The highest BCUT2D eigenvalue weighted by atomic mass is 35.5. The Kier molecular flexibility index (Phi) is 6.14. The number of rotatable bonds is 5. The molecule has 2 heterocycles. The Morgan fingerprint density at radius 3 is 2.62 bits per heavy atom. The highest BCUT2D eigenvalue weighted by molar-refractivity contribution is 5.85. The van der Waals surface area contributed by atoms with Crippen LogP contribution in [-0.4, -0.2) is 50.3 Å². The second-order valence-corrected chi connectivity index (χ2v) is 7.08. The van der Waals surface area contributed by atoms with Crippen LogP contribution in [0.5, 0.6) is 17.2 Å². The first kappa shape index (κ1) is 19.1. The van der Waals surface area contributed by atoms with E-state index in [1.165, 1.54) is 0 Å². The lowest BCUT2D eigenvalue weighted by molar-refractivity contribution is -0.133. The molecule has 6 nitrogen and oxygen atoms in total. The van der Waals surface area contributed by atoms with E-state index in [2.05, 4.69) is 5.32 Å². The summed E-state index contributed by atoms with van der Waals surface area (Å²) in [5.41, 5.74) is 1.12. The zero-order valence-electron chi connectivity index (χ0n) is 15.2. The van der Waals surface area contributed by atoms with Crippen molar-refractivity contribution in [3.8, 4) is 17.2 Å². The summed E-state index contributed by atoms with van der Waals surface area (Å²) in [5, 5.41) is 3.61. The number of likely N-dealkylation sites (tertiary alicyclic amines) is 1. The van der Waals surface area contributed by atoms with Gasteiger partial charge in [0.25, 0.3) is 0 Å². The molecule has 7 heteroatoms. The fraction of sp³-hybridized carbons (Fsp3) is 0.632. The molecule has 1 aromatic carbocycles. The molecule has 0 radical (unpaired) electrons. The van der Waals surface area contributed by atoms with Crippen LogP contribution >= 0.6 is 12.4 Å².